The molecule has 21 heavy (non-hydrogen) atoms. The summed E-state index contributed by atoms with van der Waals surface area (Å²) >= 11 is 6.19. The second kappa shape index (κ2) is 6.41. The lowest BCUT2D eigenvalue weighted by Gasteiger charge is -2.23. The number of halogens is 1. The maximum absolute atomic E-state index is 6.19. The lowest BCUT2D eigenvalue weighted by Crippen LogP contribution is -2.31. The zero-order valence-corrected chi connectivity index (χ0v) is 12.8. The highest BCUT2D eigenvalue weighted by molar-refractivity contribution is 6.29. The van der Waals surface area contributed by atoms with E-state index in [1.54, 1.807) is 0 Å². The van der Waals surface area contributed by atoms with Gasteiger partial charge in [0.25, 0.3) is 0 Å². The molecule has 110 valence electrons. The predicted molar refractivity (Wildman–Crippen MR) is 84.7 cm³/mol. The Kier molecular flexibility index (Phi) is 4.36. The summed E-state index contributed by atoms with van der Waals surface area (Å²) in [6.45, 7) is 4.62. The Bertz CT molecular complexity index is 606. The van der Waals surface area contributed by atoms with Gasteiger partial charge in [0.1, 0.15) is 11.0 Å². The van der Waals surface area contributed by atoms with E-state index < -0.39 is 0 Å². The molecule has 1 atom stereocenters. The van der Waals surface area contributed by atoms with Gasteiger partial charge < -0.3 is 9.64 Å². The van der Waals surface area contributed by atoms with Gasteiger partial charge in [-0.2, -0.15) is 0 Å². The first-order valence-electron chi connectivity index (χ1n) is 7.19. The predicted octanol–water partition coefficient (Wildman–Crippen LogP) is 3.41. The number of benzene rings is 1. The Morgan fingerprint density at radius 3 is 2.86 bits per heavy atom. The maximum Gasteiger partial charge on any atom is 0.163 e. The van der Waals surface area contributed by atoms with E-state index in [1.807, 2.05) is 36.4 Å². The molecule has 1 unspecified atom stereocenters. The summed E-state index contributed by atoms with van der Waals surface area (Å²) in [6, 6.07) is 11.7. The SMILES string of the molecule is CC1CN(c2cc(Cl)nc(-c3ccccc3)n2)CCCO1. The molecule has 0 spiro atoms. The number of nitrogens with zero attached hydrogens (tertiary/aromatic N) is 3. The molecule has 1 aromatic carbocycles. The minimum absolute atomic E-state index is 0.196. The van der Waals surface area contributed by atoms with Crippen LogP contribution in [0.5, 0.6) is 0 Å². The van der Waals surface area contributed by atoms with Crippen molar-refractivity contribution in [3.8, 4) is 11.4 Å². The largest absolute Gasteiger partial charge is 0.377 e. The molecule has 5 heteroatoms. The smallest absolute Gasteiger partial charge is 0.163 e. The fourth-order valence-corrected chi connectivity index (χ4v) is 2.66. The van der Waals surface area contributed by atoms with Gasteiger partial charge in [0.15, 0.2) is 5.82 Å². The number of hydrogen-bond acceptors (Lipinski definition) is 4. The first-order valence-corrected chi connectivity index (χ1v) is 7.57. The zero-order valence-electron chi connectivity index (χ0n) is 12.0. The third-order valence-corrected chi connectivity index (χ3v) is 3.68. The van der Waals surface area contributed by atoms with E-state index >= 15 is 0 Å². The molecule has 2 heterocycles. The van der Waals surface area contributed by atoms with Crippen LogP contribution in [0.1, 0.15) is 13.3 Å². The molecule has 0 aliphatic carbocycles. The second-order valence-corrected chi connectivity index (χ2v) is 5.61. The van der Waals surface area contributed by atoms with Crippen LogP contribution in [0, 0.1) is 0 Å². The Morgan fingerprint density at radius 1 is 1.24 bits per heavy atom. The van der Waals surface area contributed by atoms with Crippen molar-refractivity contribution in [2.45, 2.75) is 19.4 Å². The molecule has 1 aliphatic rings. The lowest BCUT2D eigenvalue weighted by molar-refractivity contribution is 0.0820. The molecule has 2 aromatic rings. The van der Waals surface area contributed by atoms with Gasteiger partial charge in [-0.1, -0.05) is 41.9 Å². The highest BCUT2D eigenvalue weighted by atomic mass is 35.5. The van der Waals surface area contributed by atoms with Crippen molar-refractivity contribution in [1.82, 2.24) is 9.97 Å². The summed E-state index contributed by atoms with van der Waals surface area (Å²) in [6.07, 6.45) is 1.19. The molecule has 0 amide bonds. The summed E-state index contributed by atoms with van der Waals surface area (Å²) in [7, 11) is 0. The van der Waals surface area contributed by atoms with Gasteiger partial charge in [0, 0.05) is 31.3 Å². The molecular weight excluding hydrogens is 286 g/mol. The van der Waals surface area contributed by atoms with Crippen molar-refractivity contribution >= 4 is 17.4 Å². The average Bonchev–Trinajstić information content (AvgIpc) is 2.72. The Morgan fingerprint density at radius 2 is 2.05 bits per heavy atom. The molecule has 1 saturated heterocycles. The van der Waals surface area contributed by atoms with E-state index in [9.17, 15) is 0 Å². The number of rotatable bonds is 2. The molecule has 3 rings (SSSR count). The quantitative estimate of drug-likeness (QED) is 0.797. The zero-order chi connectivity index (χ0) is 14.7. The van der Waals surface area contributed by atoms with Crippen LogP contribution in [0.4, 0.5) is 5.82 Å². The Labute approximate surface area is 129 Å². The van der Waals surface area contributed by atoms with Gasteiger partial charge in [0.05, 0.1) is 6.10 Å². The van der Waals surface area contributed by atoms with Gasteiger partial charge >= 0.3 is 0 Å². The van der Waals surface area contributed by atoms with Crippen LogP contribution < -0.4 is 4.90 Å². The van der Waals surface area contributed by atoms with Crippen molar-refractivity contribution in [3.63, 3.8) is 0 Å². The van der Waals surface area contributed by atoms with E-state index in [-0.39, 0.29) is 6.10 Å². The van der Waals surface area contributed by atoms with E-state index in [4.69, 9.17) is 16.3 Å². The molecular formula is C16H18ClN3O. The normalized spacial score (nSPS) is 19.3. The highest BCUT2D eigenvalue weighted by Gasteiger charge is 2.18. The summed E-state index contributed by atoms with van der Waals surface area (Å²) in [5.41, 5.74) is 0.973. The van der Waals surface area contributed by atoms with Crippen LogP contribution in [-0.2, 0) is 4.74 Å². The topological polar surface area (TPSA) is 38.2 Å². The first-order chi connectivity index (χ1) is 10.2. The molecule has 0 radical (unpaired) electrons. The summed E-state index contributed by atoms with van der Waals surface area (Å²) < 4.78 is 5.68. The Balaban J connectivity index is 1.94. The van der Waals surface area contributed by atoms with Crippen LogP contribution in [0.15, 0.2) is 36.4 Å². The summed E-state index contributed by atoms with van der Waals surface area (Å²) in [5.74, 6) is 1.53. The monoisotopic (exact) mass is 303 g/mol. The molecule has 0 saturated carbocycles. The third-order valence-electron chi connectivity index (χ3n) is 3.49. The van der Waals surface area contributed by atoms with Crippen molar-refractivity contribution in [2.24, 2.45) is 0 Å². The molecule has 1 aromatic heterocycles. The molecule has 4 nitrogen and oxygen atoms in total. The first kappa shape index (κ1) is 14.3. The van der Waals surface area contributed by atoms with Gasteiger partial charge in [-0.05, 0) is 13.3 Å². The molecule has 1 aliphatic heterocycles. The number of hydrogen-bond donors (Lipinski definition) is 0. The molecule has 0 bridgehead atoms. The van der Waals surface area contributed by atoms with Crippen molar-refractivity contribution in [2.75, 3.05) is 24.6 Å². The minimum Gasteiger partial charge on any atom is -0.377 e. The van der Waals surface area contributed by atoms with Gasteiger partial charge in [-0.25, -0.2) is 9.97 Å². The summed E-state index contributed by atoms with van der Waals surface area (Å²) in [4.78, 5) is 11.2. The van der Waals surface area contributed by atoms with Crippen molar-refractivity contribution in [3.05, 3.63) is 41.6 Å². The Hall–Kier alpha value is -1.65. The van der Waals surface area contributed by atoms with Gasteiger partial charge in [-0.3, -0.25) is 0 Å². The standard InChI is InChI=1S/C16H18ClN3O/c1-12-11-20(8-5-9-21-12)15-10-14(17)18-16(19-15)13-6-3-2-4-7-13/h2-4,6-7,10,12H,5,8-9,11H2,1H3. The highest BCUT2D eigenvalue weighted by Crippen LogP contribution is 2.23. The minimum atomic E-state index is 0.196. The van der Waals surface area contributed by atoms with Gasteiger partial charge in [0.2, 0.25) is 0 Å². The van der Waals surface area contributed by atoms with Gasteiger partial charge in [-0.15, -0.1) is 0 Å². The number of aromatic nitrogens is 2. The van der Waals surface area contributed by atoms with Crippen LogP contribution in [0.3, 0.4) is 0 Å². The van der Waals surface area contributed by atoms with Crippen LogP contribution in [0.25, 0.3) is 11.4 Å². The van der Waals surface area contributed by atoms with Crippen LogP contribution in [-0.4, -0.2) is 35.8 Å². The molecule has 0 N–H and O–H groups in total. The summed E-state index contributed by atoms with van der Waals surface area (Å²) in [5, 5.41) is 0.469. The third kappa shape index (κ3) is 3.52. The van der Waals surface area contributed by atoms with E-state index in [0.717, 1.165) is 37.5 Å². The van der Waals surface area contributed by atoms with E-state index in [2.05, 4.69) is 21.8 Å². The number of ether oxygens (including phenoxy) is 1. The van der Waals surface area contributed by atoms with E-state index in [1.165, 1.54) is 0 Å². The average molecular weight is 304 g/mol. The fraction of sp³-hybridized carbons (Fsp3) is 0.375. The maximum atomic E-state index is 6.19. The number of anilines is 1. The van der Waals surface area contributed by atoms with Crippen LogP contribution >= 0.6 is 11.6 Å². The van der Waals surface area contributed by atoms with Crippen LogP contribution in [0.2, 0.25) is 5.15 Å². The van der Waals surface area contributed by atoms with Crippen molar-refractivity contribution in [1.29, 1.82) is 0 Å². The van der Waals surface area contributed by atoms with E-state index in [0.29, 0.717) is 11.0 Å². The lowest BCUT2D eigenvalue weighted by atomic mass is 10.2. The van der Waals surface area contributed by atoms with Crippen molar-refractivity contribution < 1.29 is 4.74 Å². The fourth-order valence-electron chi connectivity index (χ4n) is 2.49. The second-order valence-electron chi connectivity index (χ2n) is 5.22. The molecule has 1 fully saturated rings.